The first kappa shape index (κ1) is 14.2. The van der Waals surface area contributed by atoms with E-state index in [4.69, 9.17) is 15.6 Å². The molecule has 0 saturated heterocycles. The number of pyridine rings is 1. The molecule has 3 N–H and O–H groups in total. The summed E-state index contributed by atoms with van der Waals surface area (Å²) in [5.74, 6) is -0.794. The van der Waals surface area contributed by atoms with Crippen LogP contribution < -0.4 is 10.5 Å². The highest BCUT2D eigenvalue weighted by atomic mass is 16.5. The SMILES string of the molecule is CCN(CC)CCOc1cc(C(=O)O)c(N)cn1. The number of nitrogen functional groups attached to an aromatic ring is 1. The van der Waals surface area contributed by atoms with Gasteiger partial charge in [-0.3, -0.25) is 0 Å². The van der Waals surface area contributed by atoms with Crippen LogP contribution in [0.4, 0.5) is 5.69 Å². The highest BCUT2D eigenvalue weighted by Crippen LogP contribution is 2.16. The highest BCUT2D eigenvalue weighted by Gasteiger charge is 2.10. The number of rotatable bonds is 7. The number of likely N-dealkylation sites (N-methyl/N-ethyl adjacent to an activating group) is 1. The summed E-state index contributed by atoms with van der Waals surface area (Å²) in [6.45, 7) is 7.31. The Morgan fingerprint density at radius 2 is 2.17 bits per heavy atom. The Labute approximate surface area is 106 Å². The quantitative estimate of drug-likeness (QED) is 0.756. The molecule has 0 bridgehead atoms. The maximum atomic E-state index is 10.9. The number of hydrogen-bond acceptors (Lipinski definition) is 5. The molecule has 0 aromatic carbocycles. The monoisotopic (exact) mass is 253 g/mol. The minimum atomic E-state index is -1.08. The van der Waals surface area contributed by atoms with Gasteiger partial charge in [-0.1, -0.05) is 13.8 Å². The molecule has 0 radical (unpaired) electrons. The lowest BCUT2D eigenvalue weighted by molar-refractivity contribution is 0.0697. The molecule has 6 nitrogen and oxygen atoms in total. The molecule has 0 aliphatic heterocycles. The Kier molecular flexibility index (Phi) is 5.38. The van der Waals surface area contributed by atoms with E-state index in [0.29, 0.717) is 6.61 Å². The molecule has 0 atom stereocenters. The number of nitrogens with two attached hydrogens (primary N) is 1. The second-order valence-electron chi connectivity index (χ2n) is 3.79. The Morgan fingerprint density at radius 3 is 2.72 bits per heavy atom. The van der Waals surface area contributed by atoms with Crippen LogP contribution in [0.15, 0.2) is 12.3 Å². The van der Waals surface area contributed by atoms with E-state index in [0.717, 1.165) is 19.6 Å². The number of carbonyl (C=O) groups is 1. The first-order valence-electron chi connectivity index (χ1n) is 5.92. The topological polar surface area (TPSA) is 88.7 Å². The fourth-order valence-corrected chi connectivity index (χ4v) is 1.53. The maximum Gasteiger partial charge on any atom is 0.338 e. The van der Waals surface area contributed by atoms with Crippen molar-refractivity contribution in [3.05, 3.63) is 17.8 Å². The van der Waals surface area contributed by atoms with E-state index in [1.54, 1.807) is 0 Å². The predicted octanol–water partition coefficient (Wildman–Crippen LogP) is 1.08. The second-order valence-corrected chi connectivity index (χ2v) is 3.79. The molecule has 0 aliphatic carbocycles. The molecule has 6 heteroatoms. The Hall–Kier alpha value is -1.82. The van der Waals surface area contributed by atoms with Gasteiger partial charge in [0.05, 0.1) is 17.4 Å². The lowest BCUT2D eigenvalue weighted by Crippen LogP contribution is -2.28. The number of carboxylic acids is 1. The van der Waals surface area contributed by atoms with Crippen LogP contribution in [0.3, 0.4) is 0 Å². The fraction of sp³-hybridized carbons (Fsp3) is 0.500. The van der Waals surface area contributed by atoms with Crippen LogP contribution in [0, 0.1) is 0 Å². The third-order valence-electron chi connectivity index (χ3n) is 2.69. The summed E-state index contributed by atoms with van der Waals surface area (Å²) in [5, 5.41) is 8.91. The molecule has 1 aromatic rings. The molecule has 0 amide bonds. The molecular weight excluding hydrogens is 234 g/mol. The van der Waals surface area contributed by atoms with E-state index in [-0.39, 0.29) is 17.1 Å². The fourth-order valence-electron chi connectivity index (χ4n) is 1.53. The first-order chi connectivity index (χ1) is 8.58. The van der Waals surface area contributed by atoms with Crippen molar-refractivity contribution < 1.29 is 14.6 Å². The van der Waals surface area contributed by atoms with E-state index in [1.807, 2.05) is 0 Å². The Morgan fingerprint density at radius 1 is 1.50 bits per heavy atom. The number of carboxylic acid groups (broad SMARTS) is 1. The number of hydrogen-bond donors (Lipinski definition) is 2. The second kappa shape index (κ2) is 6.80. The summed E-state index contributed by atoms with van der Waals surface area (Å²) in [5.41, 5.74) is 5.66. The molecular formula is C12H19N3O3. The van der Waals surface area contributed by atoms with Crippen molar-refractivity contribution in [1.29, 1.82) is 0 Å². The van der Waals surface area contributed by atoms with E-state index in [2.05, 4.69) is 23.7 Å². The van der Waals surface area contributed by atoms with Gasteiger partial charge < -0.3 is 20.5 Å². The number of nitrogens with zero attached hydrogens (tertiary/aromatic N) is 2. The third kappa shape index (κ3) is 3.89. The molecule has 0 saturated carbocycles. The highest BCUT2D eigenvalue weighted by molar-refractivity contribution is 5.93. The van der Waals surface area contributed by atoms with Crippen LogP contribution in [-0.2, 0) is 0 Å². The van der Waals surface area contributed by atoms with Gasteiger partial charge in [-0.05, 0) is 13.1 Å². The zero-order valence-corrected chi connectivity index (χ0v) is 10.7. The minimum Gasteiger partial charge on any atom is -0.478 e. The van der Waals surface area contributed by atoms with E-state index >= 15 is 0 Å². The van der Waals surface area contributed by atoms with Crippen LogP contribution in [0.2, 0.25) is 0 Å². The van der Waals surface area contributed by atoms with Gasteiger partial charge in [0.1, 0.15) is 6.61 Å². The van der Waals surface area contributed by atoms with E-state index in [1.165, 1.54) is 12.3 Å². The van der Waals surface area contributed by atoms with Gasteiger partial charge in [0.15, 0.2) is 0 Å². The molecule has 100 valence electrons. The average molecular weight is 253 g/mol. The largest absolute Gasteiger partial charge is 0.478 e. The van der Waals surface area contributed by atoms with Crippen molar-refractivity contribution in [2.45, 2.75) is 13.8 Å². The van der Waals surface area contributed by atoms with E-state index in [9.17, 15) is 4.79 Å². The van der Waals surface area contributed by atoms with Crippen LogP contribution in [0.5, 0.6) is 5.88 Å². The maximum absolute atomic E-state index is 10.9. The number of aromatic nitrogens is 1. The molecule has 0 spiro atoms. The molecule has 0 aliphatic rings. The zero-order valence-electron chi connectivity index (χ0n) is 10.7. The van der Waals surface area contributed by atoms with Gasteiger partial charge in [-0.25, -0.2) is 9.78 Å². The molecule has 1 heterocycles. The van der Waals surface area contributed by atoms with Crippen LogP contribution in [0.25, 0.3) is 0 Å². The summed E-state index contributed by atoms with van der Waals surface area (Å²) in [6, 6.07) is 1.35. The first-order valence-corrected chi connectivity index (χ1v) is 5.92. The van der Waals surface area contributed by atoms with Crippen molar-refractivity contribution in [2.24, 2.45) is 0 Å². The standard InChI is InChI=1S/C12H19N3O3/c1-3-15(4-2)5-6-18-11-7-9(12(16)17)10(13)8-14-11/h7-8H,3-6,13H2,1-2H3,(H,16,17). The normalized spacial score (nSPS) is 10.6. The van der Waals surface area contributed by atoms with Gasteiger partial charge in [0.2, 0.25) is 5.88 Å². The van der Waals surface area contributed by atoms with Gasteiger partial charge in [0.25, 0.3) is 0 Å². The van der Waals surface area contributed by atoms with Crippen LogP contribution in [-0.4, -0.2) is 47.2 Å². The number of anilines is 1. The zero-order chi connectivity index (χ0) is 13.5. The lowest BCUT2D eigenvalue weighted by atomic mass is 10.2. The molecule has 0 unspecified atom stereocenters. The van der Waals surface area contributed by atoms with E-state index < -0.39 is 5.97 Å². The summed E-state index contributed by atoms with van der Waals surface area (Å²) in [6.07, 6.45) is 1.30. The summed E-state index contributed by atoms with van der Waals surface area (Å²) < 4.78 is 5.41. The Bertz CT molecular complexity index is 406. The number of ether oxygens (including phenoxy) is 1. The van der Waals surface area contributed by atoms with Gasteiger partial charge in [0, 0.05) is 12.6 Å². The average Bonchev–Trinajstić information content (AvgIpc) is 2.36. The predicted molar refractivity (Wildman–Crippen MR) is 68.9 cm³/mol. The molecule has 18 heavy (non-hydrogen) atoms. The molecule has 1 rings (SSSR count). The smallest absolute Gasteiger partial charge is 0.338 e. The van der Waals surface area contributed by atoms with Gasteiger partial charge in [-0.15, -0.1) is 0 Å². The summed E-state index contributed by atoms with van der Waals surface area (Å²) >= 11 is 0. The molecule has 1 aromatic heterocycles. The van der Waals surface area contributed by atoms with Crippen molar-refractivity contribution in [3.63, 3.8) is 0 Å². The van der Waals surface area contributed by atoms with Gasteiger partial charge in [-0.2, -0.15) is 0 Å². The van der Waals surface area contributed by atoms with Crippen LogP contribution >= 0.6 is 0 Å². The summed E-state index contributed by atoms with van der Waals surface area (Å²) in [4.78, 5) is 17.0. The van der Waals surface area contributed by atoms with Gasteiger partial charge >= 0.3 is 5.97 Å². The third-order valence-corrected chi connectivity index (χ3v) is 2.69. The van der Waals surface area contributed by atoms with Crippen molar-refractivity contribution in [2.75, 3.05) is 32.0 Å². The lowest BCUT2D eigenvalue weighted by Gasteiger charge is -2.17. The van der Waals surface area contributed by atoms with Crippen molar-refractivity contribution in [3.8, 4) is 5.88 Å². The Balaban J connectivity index is 2.58. The number of aromatic carboxylic acids is 1. The summed E-state index contributed by atoms with van der Waals surface area (Å²) in [7, 11) is 0. The minimum absolute atomic E-state index is 0.0165. The van der Waals surface area contributed by atoms with Crippen LogP contribution in [0.1, 0.15) is 24.2 Å². The van der Waals surface area contributed by atoms with Crippen molar-refractivity contribution >= 4 is 11.7 Å². The molecule has 0 fully saturated rings. The van der Waals surface area contributed by atoms with Crippen molar-refractivity contribution in [1.82, 2.24) is 9.88 Å².